The van der Waals surface area contributed by atoms with Crippen LogP contribution < -0.4 is 4.90 Å². The van der Waals surface area contributed by atoms with E-state index in [4.69, 9.17) is 16.3 Å². The summed E-state index contributed by atoms with van der Waals surface area (Å²) >= 11 is 7.73. The third-order valence-electron chi connectivity index (χ3n) is 5.58. The molecule has 0 unspecified atom stereocenters. The van der Waals surface area contributed by atoms with Gasteiger partial charge in [0, 0.05) is 63.6 Å². The van der Waals surface area contributed by atoms with Gasteiger partial charge in [-0.05, 0) is 17.7 Å². The molecular weight excluding hydrogens is 450 g/mol. The Hall–Kier alpha value is -2.36. The highest BCUT2D eigenvalue weighted by Gasteiger charge is 2.23. The van der Waals surface area contributed by atoms with Crippen molar-refractivity contribution in [1.29, 1.82) is 0 Å². The molecule has 2 saturated heterocycles. The molecule has 0 spiro atoms. The Bertz CT molecular complexity index is 961. The van der Waals surface area contributed by atoms with E-state index in [-0.39, 0.29) is 11.8 Å². The number of piperazine rings is 1. The Kier molecular flexibility index (Phi) is 7.49. The summed E-state index contributed by atoms with van der Waals surface area (Å²) in [6, 6.07) is 9.41. The Morgan fingerprint density at radius 3 is 2.31 bits per heavy atom. The zero-order valence-corrected chi connectivity index (χ0v) is 19.6. The van der Waals surface area contributed by atoms with Gasteiger partial charge in [-0.3, -0.25) is 9.59 Å². The van der Waals surface area contributed by atoms with Gasteiger partial charge in [-0.1, -0.05) is 35.5 Å². The number of carbonyl (C=O) groups is 2. The second-order valence-corrected chi connectivity index (χ2v) is 9.04. The maximum absolute atomic E-state index is 12.8. The lowest BCUT2D eigenvalue weighted by Gasteiger charge is -2.34. The average Bonchev–Trinajstić information content (AvgIpc) is 2.83. The molecule has 32 heavy (non-hydrogen) atoms. The molecule has 2 aromatic rings. The Morgan fingerprint density at radius 2 is 1.66 bits per heavy atom. The molecule has 0 N–H and O–H groups in total. The monoisotopic (exact) mass is 475 g/mol. The maximum atomic E-state index is 12.8. The van der Waals surface area contributed by atoms with E-state index in [1.165, 1.54) is 11.8 Å². The Labute approximate surface area is 196 Å². The SMILES string of the molecule is CC(=O)N1CCN(C(=O)c2ccc(CSc3nc(Cl)cc(N4CCOCC4)n3)cc2)CC1. The first kappa shape index (κ1) is 22.8. The van der Waals surface area contributed by atoms with E-state index >= 15 is 0 Å². The van der Waals surface area contributed by atoms with Gasteiger partial charge in [0.1, 0.15) is 11.0 Å². The molecule has 8 nitrogen and oxygen atoms in total. The number of hydrogen-bond donors (Lipinski definition) is 0. The summed E-state index contributed by atoms with van der Waals surface area (Å²) in [5, 5.41) is 1.05. The highest BCUT2D eigenvalue weighted by molar-refractivity contribution is 7.98. The van der Waals surface area contributed by atoms with Crippen LogP contribution in [0.5, 0.6) is 0 Å². The van der Waals surface area contributed by atoms with Crippen LogP contribution >= 0.6 is 23.4 Å². The Morgan fingerprint density at radius 1 is 1.00 bits per heavy atom. The normalized spacial score (nSPS) is 16.9. The number of benzene rings is 1. The summed E-state index contributed by atoms with van der Waals surface area (Å²) in [5.74, 6) is 1.55. The van der Waals surface area contributed by atoms with Crippen molar-refractivity contribution in [2.45, 2.75) is 17.8 Å². The maximum Gasteiger partial charge on any atom is 0.253 e. The first-order chi connectivity index (χ1) is 15.5. The van der Waals surface area contributed by atoms with Crippen molar-refractivity contribution < 1.29 is 14.3 Å². The third-order valence-corrected chi connectivity index (χ3v) is 6.69. The largest absolute Gasteiger partial charge is 0.378 e. The number of amides is 2. The summed E-state index contributed by atoms with van der Waals surface area (Å²) in [7, 11) is 0. The number of morpholine rings is 1. The highest BCUT2D eigenvalue weighted by atomic mass is 35.5. The topological polar surface area (TPSA) is 78.9 Å². The number of carbonyl (C=O) groups excluding carboxylic acids is 2. The van der Waals surface area contributed by atoms with Crippen molar-refractivity contribution in [1.82, 2.24) is 19.8 Å². The second-order valence-electron chi connectivity index (χ2n) is 7.71. The van der Waals surface area contributed by atoms with Gasteiger partial charge in [0.2, 0.25) is 5.91 Å². The van der Waals surface area contributed by atoms with Crippen molar-refractivity contribution in [2.24, 2.45) is 0 Å². The van der Waals surface area contributed by atoms with E-state index in [1.54, 1.807) is 22.8 Å². The van der Waals surface area contributed by atoms with Crippen LogP contribution in [0.15, 0.2) is 35.5 Å². The molecular formula is C22H26ClN5O3S. The molecule has 0 aliphatic carbocycles. The summed E-state index contributed by atoms with van der Waals surface area (Å²) in [6.45, 7) is 6.80. The van der Waals surface area contributed by atoms with Crippen LogP contribution in [0.25, 0.3) is 0 Å². The molecule has 0 saturated carbocycles. The van der Waals surface area contributed by atoms with Crippen LogP contribution in [0.2, 0.25) is 5.15 Å². The lowest BCUT2D eigenvalue weighted by molar-refractivity contribution is -0.130. The molecule has 0 radical (unpaired) electrons. The van der Waals surface area contributed by atoms with E-state index < -0.39 is 0 Å². The number of ether oxygens (including phenoxy) is 1. The number of rotatable bonds is 5. The second kappa shape index (κ2) is 10.5. The molecule has 170 valence electrons. The van der Waals surface area contributed by atoms with Gasteiger partial charge in [-0.15, -0.1) is 0 Å². The van der Waals surface area contributed by atoms with Crippen molar-refractivity contribution in [3.63, 3.8) is 0 Å². The highest BCUT2D eigenvalue weighted by Crippen LogP contribution is 2.25. The zero-order chi connectivity index (χ0) is 22.5. The van der Waals surface area contributed by atoms with Crippen molar-refractivity contribution in [2.75, 3.05) is 57.4 Å². The van der Waals surface area contributed by atoms with Gasteiger partial charge in [0.25, 0.3) is 5.91 Å². The minimum atomic E-state index is 0.000678. The molecule has 4 rings (SSSR count). The van der Waals surface area contributed by atoms with E-state index in [0.29, 0.717) is 61.0 Å². The number of hydrogen-bond acceptors (Lipinski definition) is 7. The standard InChI is InChI=1S/C22H26ClN5O3S/c1-16(29)26-6-8-28(9-7-26)21(30)18-4-2-17(3-5-18)15-32-22-24-19(23)14-20(25-22)27-10-12-31-13-11-27/h2-5,14H,6-13,15H2,1H3. The van der Waals surface area contributed by atoms with Gasteiger partial charge in [-0.25, -0.2) is 9.97 Å². The molecule has 2 amide bonds. The average molecular weight is 476 g/mol. The van der Waals surface area contributed by atoms with E-state index in [0.717, 1.165) is 24.5 Å². The number of nitrogens with zero attached hydrogens (tertiary/aromatic N) is 5. The van der Waals surface area contributed by atoms with Crippen LogP contribution in [0, 0.1) is 0 Å². The molecule has 0 bridgehead atoms. The van der Waals surface area contributed by atoms with Crippen LogP contribution in [0.1, 0.15) is 22.8 Å². The minimum absolute atomic E-state index is 0.000678. The summed E-state index contributed by atoms with van der Waals surface area (Å²) in [4.78, 5) is 38.9. The van der Waals surface area contributed by atoms with Gasteiger partial charge in [0.05, 0.1) is 13.2 Å². The van der Waals surface area contributed by atoms with Crippen molar-refractivity contribution >= 4 is 41.0 Å². The van der Waals surface area contributed by atoms with Gasteiger partial charge in [0.15, 0.2) is 5.16 Å². The van der Waals surface area contributed by atoms with Gasteiger partial charge in [-0.2, -0.15) is 0 Å². The van der Waals surface area contributed by atoms with Gasteiger partial charge < -0.3 is 19.4 Å². The lowest BCUT2D eigenvalue weighted by Crippen LogP contribution is -2.50. The molecule has 2 aliphatic rings. The molecule has 2 fully saturated rings. The molecule has 0 atom stereocenters. The predicted molar refractivity (Wildman–Crippen MR) is 124 cm³/mol. The van der Waals surface area contributed by atoms with Crippen LogP contribution in [0.3, 0.4) is 0 Å². The fraction of sp³-hybridized carbons (Fsp3) is 0.455. The first-order valence-corrected chi connectivity index (χ1v) is 12.0. The Balaban J connectivity index is 1.34. The molecule has 1 aromatic heterocycles. The minimum Gasteiger partial charge on any atom is -0.378 e. The van der Waals surface area contributed by atoms with Gasteiger partial charge >= 0.3 is 0 Å². The van der Waals surface area contributed by atoms with Crippen molar-refractivity contribution in [3.05, 3.63) is 46.6 Å². The third kappa shape index (κ3) is 5.70. The van der Waals surface area contributed by atoms with E-state index in [2.05, 4.69) is 14.9 Å². The van der Waals surface area contributed by atoms with Crippen LogP contribution in [-0.4, -0.2) is 84.1 Å². The van der Waals surface area contributed by atoms with E-state index in [1.807, 2.05) is 24.3 Å². The summed E-state index contributed by atoms with van der Waals surface area (Å²) in [5.41, 5.74) is 1.73. The van der Waals surface area contributed by atoms with E-state index in [9.17, 15) is 9.59 Å². The van der Waals surface area contributed by atoms with Crippen LogP contribution in [-0.2, 0) is 15.3 Å². The van der Waals surface area contributed by atoms with Crippen LogP contribution in [0.4, 0.5) is 5.82 Å². The first-order valence-electron chi connectivity index (χ1n) is 10.6. The molecule has 3 heterocycles. The summed E-state index contributed by atoms with van der Waals surface area (Å²) in [6.07, 6.45) is 0. The fourth-order valence-corrected chi connectivity index (χ4v) is 4.74. The smallest absolute Gasteiger partial charge is 0.253 e. The number of thioether (sulfide) groups is 1. The number of aromatic nitrogens is 2. The van der Waals surface area contributed by atoms with Crippen molar-refractivity contribution in [3.8, 4) is 0 Å². The number of anilines is 1. The predicted octanol–water partition coefficient (Wildman–Crippen LogP) is 2.56. The lowest BCUT2D eigenvalue weighted by atomic mass is 10.1. The number of halogens is 1. The zero-order valence-electron chi connectivity index (χ0n) is 18.0. The fourth-order valence-electron chi connectivity index (χ4n) is 3.70. The molecule has 1 aromatic carbocycles. The molecule has 10 heteroatoms. The summed E-state index contributed by atoms with van der Waals surface area (Å²) < 4.78 is 5.40. The quantitative estimate of drug-likeness (QED) is 0.373. The molecule has 2 aliphatic heterocycles.